The number of rotatable bonds is 7. The molecular formula is C22H24N4O4S. The van der Waals surface area contributed by atoms with E-state index in [0.29, 0.717) is 31.4 Å². The van der Waals surface area contributed by atoms with Gasteiger partial charge in [-0.1, -0.05) is 36.5 Å². The second kappa shape index (κ2) is 9.51. The average Bonchev–Trinajstić information content (AvgIpc) is 3.24. The number of carbonyl (C=O) groups is 1. The molecule has 0 unspecified atom stereocenters. The largest absolute Gasteiger partial charge is 0.379 e. The fraction of sp³-hybridized carbons (Fsp3) is 0.364. The Hall–Kier alpha value is -2.88. The van der Waals surface area contributed by atoms with Gasteiger partial charge >= 0.3 is 0 Å². The van der Waals surface area contributed by atoms with Crippen molar-refractivity contribution in [2.45, 2.75) is 13.3 Å². The van der Waals surface area contributed by atoms with Gasteiger partial charge in [-0.25, -0.2) is 4.98 Å². The maximum atomic E-state index is 13.5. The number of aromatic nitrogens is 1. The molecule has 2 aromatic carbocycles. The summed E-state index contributed by atoms with van der Waals surface area (Å²) >= 11 is 1.47. The molecule has 1 aromatic heterocycles. The number of nitro groups is 1. The number of thiazole rings is 1. The molecule has 9 heteroatoms. The Morgan fingerprint density at radius 3 is 2.77 bits per heavy atom. The molecule has 1 saturated heterocycles. The van der Waals surface area contributed by atoms with Gasteiger partial charge in [0, 0.05) is 43.9 Å². The van der Waals surface area contributed by atoms with Crippen LogP contribution in [0.5, 0.6) is 0 Å². The first-order valence-electron chi connectivity index (χ1n) is 10.3. The van der Waals surface area contributed by atoms with Gasteiger partial charge in [-0.3, -0.25) is 24.7 Å². The van der Waals surface area contributed by atoms with E-state index in [2.05, 4.69) is 11.8 Å². The van der Waals surface area contributed by atoms with Crippen molar-refractivity contribution in [1.29, 1.82) is 0 Å². The Bertz CT molecular complexity index is 1090. The van der Waals surface area contributed by atoms with Crippen LogP contribution >= 0.6 is 11.3 Å². The van der Waals surface area contributed by atoms with Crippen LogP contribution in [0.1, 0.15) is 22.8 Å². The molecule has 0 spiro atoms. The molecule has 0 N–H and O–H groups in total. The highest BCUT2D eigenvalue weighted by Crippen LogP contribution is 2.32. The van der Waals surface area contributed by atoms with Crippen molar-refractivity contribution in [2.24, 2.45) is 0 Å². The highest BCUT2D eigenvalue weighted by Gasteiger charge is 2.24. The highest BCUT2D eigenvalue weighted by molar-refractivity contribution is 7.22. The second-order valence-electron chi connectivity index (χ2n) is 7.33. The molecule has 0 aliphatic carbocycles. The van der Waals surface area contributed by atoms with Gasteiger partial charge in [0.25, 0.3) is 11.6 Å². The first-order valence-corrected chi connectivity index (χ1v) is 11.1. The van der Waals surface area contributed by atoms with Gasteiger partial charge in [0.05, 0.1) is 28.4 Å². The number of hydrogen-bond donors (Lipinski definition) is 0. The summed E-state index contributed by atoms with van der Waals surface area (Å²) in [7, 11) is 0. The van der Waals surface area contributed by atoms with E-state index < -0.39 is 4.92 Å². The van der Waals surface area contributed by atoms with Crippen LogP contribution in [-0.2, 0) is 11.2 Å². The van der Waals surface area contributed by atoms with Crippen molar-refractivity contribution >= 4 is 38.3 Å². The van der Waals surface area contributed by atoms with Gasteiger partial charge in [0.2, 0.25) is 0 Å². The zero-order chi connectivity index (χ0) is 21.8. The molecule has 1 aliphatic heterocycles. The highest BCUT2D eigenvalue weighted by atomic mass is 32.1. The maximum absolute atomic E-state index is 13.5. The molecule has 0 bridgehead atoms. The summed E-state index contributed by atoms with van der Waals surface area (Å²) in [4.78, 5) is 32.9. The number of fused-ring (bicyclic) bond motifs is 1. The number of aryl methyl sites for hydroxylation is 1. The summed E-state index contributed by atoms with van der Waals surface area (Å²) in [6, 6.07) is 11.9. The molecular weight excluding hydrogens is 416 g/mol. The van der Waals surface area contributed by atoms with Gasteiger partial charge in [0.1, 0.15) is 0 Å². The molecule has 4 rings (SSSR count). The smallest absolute Gasteiger partial charge is 0.270 e. The van der Waals surface area contributed by atoms with Gasteiger partial charge in [0.15, 0.2) is 5.13 Å². The van der Waals surface area contributed by atoms with Crippen LogP contribution < -0.4 is 4.90 Å². The predicted octanol–water partition coefficient (Wildman–Crippen LogP) is 3.75. The SMILES string of the molecule is CCc1cccc2sc(N(CCN3CCOCC3)C(=O)c3cccc([N+](=O)[O-])c3)nc12. The third-order valence-corrected chi connectivity index (χ3v) is 6.44. The summed E-state index contributed by atoms with van der Waals surface area (Å²) in [6.07, 6.45) is 0.854. The number of nitrogens with zero attached hydrogens (tertiary/aromatic N) is 4. The van der Waals surface area contributed by atoms with Crippen molar-refractivity contribution in [3.8, 4) is 0 Å². The van der Waals surface area contributed by atoms with Crippen LogP contribution in [0.4, 0.5) is 10.8 Å². The van der Waals surface area contributed by atoms with Crippen LogP contribution in [0.2, 0.25) is 0 Å². The summed E-state index contributed by atoms with van der Waals surface area (Å²) in [5, 5.41) is 11.8. The Kier molecular flexibility index (Phi) is 6.55. The molecule has 2 heterocycles. The zero-order valence-corrected chi connectivity index (χ0v) is 18.1. The molecule has 0 saturated carbocycles. The fourth-order valence-electron chi connectivity index (χ4n) is 3.65. The second-order valence-corrected chi connectivity index (χ2v) is 8.34. The van der Waals surface area contributed by atoms with Crippen molar-refractivity contribution in [2.75, 3.05) is 44.3 Å². The van der Waals surface area contributed by atoms with E-state index in [0.717, 1.165) is 35.3 Å². The number of ether oxygens (including phenoxy) is 1. The number of morpholine rings is 1. The van der Waals surface area contributed by atoms with Crippen LogP contribution in [0.15, 0.2) is 42.5 Å². The standard InChI is InChI=1S/C22H24N4O4S/c1-2-16-5-4-8-19-20(16)23-22(31-19)25(10-9-24-11-13-30-14-12-24)21(27)17-6-3-7-18(15-17)26(28)29/h3-8,15H,2,9-14H2,1H3. The lowest BCUT2D eigenvalue weighted by molar-refractivity contribution is -0.384. The number of anilines is 1. The molecule has 1 fully saturated rings. The van der Waals surface area contributed by atoms with Crippen molar-refractivity contribution in [1.82, 2.24) is 9.88 Å². The molecule has 8 nitrogen and oxygen atoms in total. The lowest BCUT2D eigenvalue weighted by Crippen LogP contribution is -2.43. The minimum Gasteiger partial charge on any atom is -0.379 e. The number of hydrogen-bond acceptors (Lipinski definition) is 7. The van der Waals surface area contributed by atoms with E-state index in [1.165, 1.54) is 23.5 Å². The first-order chi connectivity index (χ1) is 15.1. The molecule has 0 radical (unpaired) electrons. The van der Waals surface area contributed by atoms with Crippen LogP contribution in [0.3, 0.4) is 0 Å². The molecule has 162 valence electrons. The van der Waals surface area contributed by atoms with Gasteiger partial charge in [-0.15, -0.1) is 0 Å². The number of para-hydroxylation sites is 1. The Labute approximate surface area is 184 Å². The average molecular weight is 441 g/mol. The predicted molar refractivity (Wildman–Crippen MR) is 121 cm³/mol. The third-order valence-electron chi connectivity index (χ3n) is 5.40. The van der Waals surface area contributed by atoms with E-state index in [4.69, 9.17) is 9.72 Å². The quantitative estimate of drug-likeness (QED) is 0.411. The summed E-state index contributed by atoms with van der Waals surface area (Å²) in [5.74, 6) is -0.283. The van der Waals surface area contributed by atoms with E-state index in [9.17, 15) is 14.9 Å². The molecule has 1 aliphatic rings. The topological polar surface area (TPSA) is 88.8 Å². The Morgan fingerprint density at radius 1 is 1.26 bits per heavy atom. The third kappa shape index (κ3) is 4.73. The van der Waals surface area contributed by atoms with Crippen LogP contribution in [-0.4, -0.2) is 60.1 Å². The first kappa shape index (κ1) is 21.4. The van der Waals surface area contributed by atoms with Crippen LogP contribution in [0, 0.1) is 10.1 Å². The Morgan fingerprint density at radius 2 is 2.03 bits per heavy atom. The number of benzene rings is 2. The van der Waals surface area contributed by atoms with Crippen LogP contribution in [0.25, 0.3) is 10.2 Å². The van der Waals surface area contributed by atoms with Gasteiger partial charge in [-0.05, 0) is 24.1 Å². The lowest BCUT2D eigenvalue weighted by atomic mass is 10.1. The van der Waals surface area contributed by atoms with E-state index in [1.54, 1.807) is 17.0 Å². The molecule has 3 aromatic rings. The lowest BCUT2D eigenvalue weighted by Gasteiger charge is -2.29. The minimum atomic E-state index is -0.486. The van der Waals surface area contributed by atoms with Crippen molar-refractivity contribution in [3.05, 3.63) is 63.7 Å². The van der Waals surface area contributed by atoms with Crippen molar-refractivity contribution < 1.29 is 14.5 Å². The maximum Gasteiger partial charge on any atom is 0.270 e. The normalized spacial score (nSPS) is 14.6. The van der Waals surface area contributed by atoms with E-state index >= 15 is 0 Å². The molecule has 31 heavy (non-hydrogen) atoms. The minimum absolute atomic E-state index is 0.100. The summed E-state index contributed by atoms with van der Waals surface area (Å²) < 4.78 is 6.44. The van der Waals surface area contributed by atoms with Crippen molar-refractivity contribution in [3.63, 3.8) is 0 Å². The number of amides is 1. The molecule has 0 atom stereocenters. The number of non-ortho nitro benzene ring substituents is 1. The Balaban J connectivity index is 1.68. The van der Waals surface area contributed by atoms with E-state index in [-0.39, 0.29) is 17.2 Å². The number of nitro benzene ring substituents is 1. The van der Waals surface area contributed by atoms with Gasteiger partial charge < -0.3 is 4.74 Å². The summed E-state index contributed by atoms with van der Waals surface area (Å²) in [5.41, 5.74) is 2.23. The number of carbonyl (C=O) groups excluding carboxylic acids is 1. The van der Waals surface area contributed by atoms with E-state index in [1.807, 2.05) is 18.2 Å². The van der Waals surface area contributed by atoms with Gasteiger partial charge in [-0.2, -0.15) is 0 Å². The monoisotopic (exact) mass is 440 g/mol. The summed E-state index contributed by atoms with van der Waals surface area (Å²) in [6.45, 7) is 6.21. The fourth-order valence-corrected chi connectivity index (χ4v) is 4.69. The zero-order valence-electron chi connectivity index (χ0n) is 17.3. The molecule has 1 amide bonds.